The number of nitrogens with zero attached hydrogens (tertiary/aromatic N) is 2. The molecule has 2 aliphatic carbocycles. The smallest absolute Gasteiger partial charge is 0.461 e. The molecule has 3 heterocycles. The number of carbonyl (C=O) groups excluding carboxylic acids is 4. The molecule has 0 unspecified atom stereocenters. The summed E-state index contributed by atoms with van der Waals surface area (Å²) in [7, 11) is -0.667. The number of ether oxygens (including phenoxy) is 2. The number of anilines is 2. The summed E-state index contributed by atoms with van der Waals surface area (Å²) >= 11 is 3.48. The third-order valence-electron chi connectivity index (χ3n) is 13.0. The van der Waals surface area contributed by atoms with Gasteiger partial charge in [-0.3, -0.25) is 19.2 Å². The van der Waals surface area contributed by atoms with E-state index < -0.39 is 35.6 Å². The van der Waals surface area contributed by atoms with Gasteiger partial charge in [0.05, 0.1) is 22.6 Å². The Morgan fingerprint density at radius 3 is 1.56 bits per heavy atom. The number of hydrogen-bond donors (Lipinski definition) is 0. The third-order valence-corrected chi connectivity index (χ3v) is 13.7. The van der Waals surface area contributed by atoms with E-state index in [1.165, 1.54) is 13.8 Å². The van der Waals surface area contributed by atoms with Gasteiger partial charge in [-0.25, -0.2) is 8.78 Å². The largest absolute Gasteiger partial charge is 0.495 e. The molecule has 0 radical (unpaired) electrons. The van der Waals surface area contributed by atoms with Crippen LogP contribution in [-0.2, 0) is 65.8 Å². The summed E-state index contributed by atoms with van der Waals surface area (Å²) in [6.45, 7) is 11.6. The quantitative estimate of drug-likeness (QED) is 0.121. The van der Waals surface area contributed by atoms with E-state index in [1.807, 2.05) is 76.2 Å². The zero-order valence-electron chi connectivity index (χ0n) is 35.9. The molecule has 0 bridgehead atoms. The van der Waals surface area contributed by atoms with Crippen LogP contribution >= 0.6 is 15.9 Å². The molecule has 62 heavy (non-hydrogen) atoms. The molecule has 5 aliphatic rings. The molecule has 4 aromatic carbocycles. The van der Waals surface area contributed by atoms with Gasteiger partial charge >= 0.3 is 19.1 Å². The molecular formula is C48H50BBrF2N2O8. The second-order valence-electron chi connectivity index (χ2n) is 17.8. The second-order valence-corrected chi connectivity index (χ2v) is 18.7. The predicted octanol–water partition coefficient (Wildman–Crippen LogP) is 8.88. The lowest BCUT2D eigenvalue weighted by Gasteiger charge is -2.32. The highest BCUT2D eigenvalue weighted by Crippen LogP contribution is 2.51. The van der Waals surface area contributed by atoms with Gasteiger partial charge in [0, 0.05) is 53.7 Å². The molecule has 10 nitrogen and oxygen atoms in total. The van der Waals surface area contributed by atoms with Crippen molar-refractivity contribution in [3.8, 4) is 0 Å². The average Bonchev–Trinajstić information content (AvgIpc) is 4.15. The van der Waals surface area contributed by atoms with Crippen LogP contribution in [0.3, 0.4) is 0 Å². The first-order valence-corrected chi connectivity index (χ1v) is 21.9. The number of amides is 2. The molecule has 1 saturated heterocycles. The van der Waals surface area contributed by atoms with Gasteiger partial charge in [-0.15, -0.1) is 0 Å². The van der Waals surface area contributed by atoms with Crippen LogP contribution in [0.25, 0.3) is 0 Å². The number of benzene rings is 4. The Balaban J connectivity index is 0.000000176. The predicted molar refractivity (Wildman–Crippen MR) is 235 cm³/mol. The number of esters is 2. The van der Waals surface area contributed by atoms with Crippen molar-refractivity contribution in [2.75, 3.05) is 22.9 Å². The number of alkyl halides is 2. The van der Waals surface area contributed by atoms with Crippen molar-refractivity contribution < 1.29 is 46.7 Å². The van der Waals surface area contributed by atoms with Gasteiger partial charge in [-0.1, -0.05) is 58.4 Å². The van der Waals surface area contributed by atoms with Gasteiger partial charge in [0.1, 0.15) is 24.6 Å². The SMILES string of the molecule is CC(=O)OCc1c(B2OC(C)(C)C(C)(C)O2)cccc1N1CCc2cc(C3(F)CC3)ccc2C1=O.CC(=O)OCc1c(Br)cccc1N1CCc2cc(C3(F)CC3)ccc2C1=O. The molecule has 2 saturated carbocycles. The molecule has 2 amide bonds. The molecule has 9 rings (SSSR count). The van der Waals surface area contributed by atoms with Crippen molar-refractivity contribution in [2.45, 2.75) is 116 Å². The lowest BCUT2D eigenvalue weighted by atomic mass is 9.75. The molecule has 4 aromatic rings. The van der Waals surface area contributed by atoms with Crippen LogP contribution in [0, 0.1) is 0 Å². The molecule has 3 aliphatic heterocycles. The van der Waals surface area contributed by atoms with Crippen LogP contribution in [0.15, 0.2) is 77.3 Å². The second kappa shape index (κ2) is 16.3. The number of rotatable bonds is 9. The zero-order valence-corrected chi connectivity index (χ0v) is 37.5. The average molecular weight is 912 g/mol. The Bertz CT molecular complexity index is 2470. The van der Waals surface area contributed by atoms with Gasteiger partial charge in [0.15, 0.2) is 0 Å². The van der Waals surface area contributed by atoms with Crippen molar-refractivity contribution in [3.05, 3.63) is 122 Å². The molecule has 324 valence electrons. The lowest BCUT2D eigenvalue weighted by molar-refractivity contribution is -0.143. The Morgan fingerprint density at radius 1 is 0.677 bits per heavy atom. The monoisotopic (exact) mass is 910 g/mol. The minimum atomic E-state index is -1.23. The maximum absolute atomic E-state index is 14.6. The number of fused-ring (bicyclic) bond motifs is 2. The summed E-state index contributed by atoms with van der Waals surface area (Å²) < 4.78 is 52.8. The van der Waals surface area contributed by atoms with E-state index in [2.05, 4.69) is 15.9 Å². The standard InChI is InChI=1S/C27H31BFNO5.C21H19BrFNO3/c1-17(31)33-16-21-22(28-34-25(2,3)26(4,5)35-28)7-6-8-23(21)30-14-11-18-15-19(27(29)12-13-27)9-10-20(18)24(30)32;1-13(25)27-12-17-18(22)3-2-4-19(17)24-10-7-14-11-15(21(23)8-9-21)5-6-16(14)20(24)26/h6-10,15H,11-14,16H2,1-5H3;2-6,11H,7-10,12H2,1H3. The summed E-state index contributed by atoms with van der Waals surface area (Å²) in [5.74, 6) is -1.06. The van der Waals surface area contributed by atoms with E-state index in [0.717, 1.165) is 32.3 Å². The van der Waals surface area contributed by atoms with Crippen LogP contribution in [-0.4, -0.2) is 55.2 Å². The van der Waals surface area contributed by atoms with E-state index in [9.17, 15) is 28.0 Å². The van der Waals surface area contributed by atoms with Crippen molar-refractivity contribution in [2.24, 2.45) is 0 Å². The maximum Gasteiger partial charge on any atom is 0.495 e. The first kappa shape index (κ1) is 43.7. The number of carbonyl (C=O) groups is 4. The topological polar surface area (TPSA) is 112 Å². The highest BCUT2D eigenvalue weighted by Gasteiger charge is 2.53. The fourth-order valence-electron chi connectivity index (χ4n) is 8.27. The van der Waals surface area contributed by atoms with E-state index in [1.54, 1.807) is 34.1 Å². The first-order valence-electron chi connectivity index (χ1n) is 21.1. The molecule has 14 heteroatoms. The van der Waals surface area contributed by atoms with Crippen molar-refractivity contribution >= 4 is 63.6 Å². The van der Waals surface area contributed by atoms with E-state index >= 15 is 0 Å². The van der Waals surface area contributed by atoms with Crippen molar-refractivity contribution in [3.63, 3.8) is 0 Å². The lowest BCUT2D eigenvalue weighted by Crippen LogP contribution is -2.42. The van der Waals surface area contributed by atoms with E-state index in [0.29, 0.717) is 85.1 Å². The minimum absolute atomic E-state index is 0.00906. The van der Waals surface area contributed by atoms with Crippen molar-refractivity contribution in [1.29, 1.82) is 0 Å². The zero-order chi connectivity index (χ0) is 44.4. The summed E-state index contributed by atoms with van der Waals surface area (Å²) in [6, 6.07) is 21.8. The van der Waals surface area contributed by atoms with Gasteiger partial charge in [0.2, 0.25) is 0 Å². The first-order chi connectivity index (χ1) is 29.3. The molecular weight excluding hydrogens is 861 g/mol. The summed E-state index contributed by atoms with van der Waals surface area (Å²) in [5.41, 5.74) is 4.30. The Labute approximate surface area is 369 Å². The number of hydrogen-bond acceptors (Lipinski definition) is 8. The van der Waals surface area contributed by atoms with Gasteiger partial charge in [0.25, 0.3) is 11.8 Å². The van der Waals surface area contributed by atoms with Crippen LogP contribution in [0.1, 0.15) is 121 Å². The highest BCUT2D eigenvalue weighted by molar-refractivity contribution is 9.10. The molecule has 0 spiro atoms. The number of halogens is 3. The maximum atomic E-state index is 14.6. The van der Waals surface area contributed by atoms with E-state index in [-0.39, 0.29) is 31.0 Å². The fourth-order valence-corrected chi connectivity index (χ4v) is 8.74. The Morgan fingerprint density at radius 2 is 1.11 bits per heavy atom. The summed E-state index contributed by atoms with van der Waals surface area (Å²) in [5, 5.41) is 0. The van der Waals surface area contributed by atoms with Crippen LogP contribution < -0.4 is 15.3 Å². The van der Waals surface area contributed by atoms with Gasteiger partial charge in [-0.2, -0.15) is 0 Å². The Hall–Kier alpha value is -4.92. The van der Waals surface area contributed by atoms with E-state index in [4.69, 9.17) is 18.8 Å². The minimum Gasteiger partial charge on any atom is -0.461 e. The van der Waals surface area contributed by atoms with Crippen LogP contribution in [0.4, 0.5) is 20.2 Å². The molecule has 0 atom stereocenters. The van der Waals surface area contributed by atoms with Crippen molar-refractivity contribution in [1.82, 2.24) is 0 Å². The fraction of sp³-hybridized carbons (Fsp3) is 0.417. The third kappa shape index (κ3) is 8.45. The normalized spacial score (nSPS) is 19.8. The van der Waals surface area contributed by atoms with Crippen LogP contribution in [0.5, 0.6) is 0 Å². The van der Waals surface area contributed by atoms with Gasteiger partial charge < -0.3 is 28.6 Å². The molecule has 0 N–H and O–H groups in total. The molecule has 0 aromatic heterocycles. The summed E-state index contributed by atoms with van der Waals surface area (Å²) in [4.78, 5) is 53.0. The van der Waals surface area contributed by atoms with Crippen LogP contribution in [0.2, 0.25) is 0 Å². The highest BCUT2D eigenvalue weighted by atomic mass is 79.9. The van der Waals surface area contributed by atoms with Gasteiger partial charge in [-0.05, 0) is 124 Å². The molecule has 3 fully saturated rings. The Kier molecular flexibility index (Phi) is 11.5. The summed E-state index contributed by atoms with van der Waals surface area (Å²) in [6.07, 6.45) is 3.46.